The number of amides is 1. The van der Waals surface area contributed by atoms with E-state index in [2.05, 4.69) is 26.8 Å². The highest BCUT2D eigenvalue weighted by Gasteiger charge is 2.28. The van der Waals surface area contributed by atoms with E-state index in [4.69, 9.17) is 4.98 Å². The van der Waals surface area contributed by atoms with Crippen LogP contribution in [0, 0.1) is 11.7 Å². The fourth-order valence-corrected chi connectivity index (χ4v) is 4.53. The van der Waals surface area contributed by atoms with Crippen LogP contribution >= 0.6 is 0 Å². The molecule has 9 heteroatoms. The van der Waals surface area contributed by atoms with Crippen LogP contribution in [-0.2, 0) is 7.05 Å². The molecule has 1 aromatic carbocycles. The molecule has 0 unspecified atom stereocenters. The van der Waals surface area contributed by atoms with Gasteiger partial charge in [0.15, 0.2) is 5.65 Å². The van der Waals surface area contributed by atoms with Gasteiger partial charge in [-0.3, -0.25) is 9.48 Å². The molecule has 0 bridgehead atoms. The number of rotatable bonds is 3. The number of piperidine rings is 1. The molecular weight excluding hydrogens is 409 g/mol. The van der Waals surface area contributed by atoms with Crippen molar-refractivity contribution >= 4 is 28.4 Å². The van der Waals surface area contributed by atoms with Gasteiger partial charge >= 0.3 is 0 Å². The lowest BCUT2D eigenvalue weighted by Crippen LogP contribution is -2.49. The van der Waals surface area contributed by atoms with Crippen molar-refractivity contribution in [1.29, 1.82) is 0 Å². The van der Waals surface area contributed by atoms with Crippen LogP contribution < -0.4 is 9.80 Å². The first-order valence-electron chi connectivity index (χ1n) is 11.2. The third kappa shape index (κ3) is 3.87. The second-order valence-corrected chi connectivity index (χ2v) is 8.80. The van der Waals surface area contributed by atoms with Gasteiger partial charge in [0.05, 0.1) is 11.6 Å². The van der Waals surface area contributed by atoms with E-state index >= 15 is 0 Å². The Balaban J connectivity index is 1.37. The van der Waals surface area contributed by atoms with Crippen molar-refractivity contribution in [1.82, 2.24) is 24.6 Å². The molecule has 168 valence electrons. The molecule has 2 fully saturated rings. The van der Waals surface area contributed by atoms with Gasteiger partial charge in [0.1, 0.15) is 11.6 Å². The number of anilines is 2. The molecule has 5 rings (SSSR count). The SMILES string of the molecule is CC1CCN(c2nc(C(=O)N3CCN(c4ccc(F)cc4)CC3)nc3c2cnn3C)CC1. The van der Waals surface area contributed by atoms with Crippen LogP contribution in [0.2, 0.25) is 0 Å². The zero-order valence-corrected chi connectivity index (χ0v) is 18.5. The average Bonchev–Trinajstić information content (AvgIpc) is 3.20. The molecule has 2 saturated heterocycles. The average molecular weight is 438 g/mol. The Morgan fingerprint density at radius 2 is 1.66 bits per heavy atom. The molecule has 2 aromatic heterocycles. The maximum Gasteiger partial charge on any atom is 0.291 e. The molecule has 8 nitrogen and oxygen atoms in total. The molecule has 0 spiro atoms. The van der Waals surface area contributed by atoms with E-state index in [1.54, 1.807) is 27.9 Å². The zero-order chi connectivity index (χ0) is 22.2. The first kappa shape index (κ1) is 20.7. The Morgan fingerprint density at radius 3 is 2.34 bits per heavy atom. The summed E-state index contributed by atoms with van der Waals surface area (Å²) in [6, 6.07) is 6.48. The lowest BCUT2D eigenvalue weighted by Gasteiger charge is -2.36. The Hall–Kier alpha value is -3.23. The first-order chi connectivity index (χ1) is 15.5. The normalized spacial score (nSPS) is 17.9. The molecule has 0 saturated carbocycles. The Labute approximate surface area is 186 Å². The molecule has 2 aliphatic heterocycles. The van der Waals surface area contributed by atoms with E-state index in [0.29, 0.717) is 37.7 Å². The zero-order valence-electron chi connectivity index (χ0n) is 18.5. The molecule has 0 radical (unpaired) electrons. The molecule has 32 heavy (non-hydrogen) atoms. The predicted molar refractivity (Wildman–Crippen MR) is 121 cm³/mol. The van der Waals surface area contributed by atoms with Crippen molar-refractivity contribution in [2.45, 2.75) is 19.8 Å². The minimum atomic E-state index is -0.246. The molecular formula is C23H28FN7O. The van der Waals surface area contributed by atoms with Crippen molar-refractivity contribution in [3.05, 3.63) is 42.1 Å². The number of fused-ring (bicyclic) bond motifs is 1. The standard InChI is InChI=1S/C23H28FN7O/c1-16-7-9-30(10-8-16)22-19-15-25-28(2)21(19)26-20(27-22)23(32)31-13-11-29(12-14-31)18-5-3-17(24)4-6-18/h3-6,15-16H,7-14H2,1-2H3. The maximum absolute atomic E-state index is 13.3. The van der Waals surface area contributed by atoms with Crippen LogP contribution in [0.1, 0.15) is 30.4 Å². The fourth-order valence-electron chi connectivity index (χ4n) is 4.53. The molecule has 0 aliphatic carbocycles. The van der Waals surface area contributed by atoms with Crippen molar-refractivity contribution in [3.8, 4) is 0 Å². The van der Waals surface area contributed by atoms with Crippen LogP contribution in [-0.4, -0.2) is 69.8 Å². The number of carbonyl (C=O) groups is 1. The molecule has 3 aromatic rings. The second-order valence-electron chi connectivity index (χ2n) is 8.80. The third-order valence-corrected chi connectivity index (χ3v) is 6.61. The van der Waals surface area contributed by atoms with Crippen LogP contribution in [0.25, 0.3) is 11.0 Å². The van der Waals surface area contributed by atoms with Gasteiger partial charge in [-0.25, -0.2) is 14.4 Å². The summed E-state index contributed by atoms with van der Waals surface area (Å²) in [5.41, 5.74) is 1.65. The summed E-state index contributed by atoms with van der Waals surface area (Å²) < 4.78 is 14.9. The number of hydrogen-bond acceptors (Lipinski definition) is 6. The van der Waals surface area contributed by atoms with Crippen LogP contribution in [0.5, 0.6) is 0 Å². The van der Waals surface area contributed by atoms with Crippen LogP contribution in [0.15, 0.2) is 30.5 Å². The fraction of sp³-hybridized carbons (Fsp3) is 0.478. The lowest BCUT2D eigenvalue weighted by atomic mass is 9.99. The molecule has 0 N–H and O–H groups in total. The van der Waals surface area contributed by atoms with Crippen molar-refractivity contribution < 1.29 is 9.18 Å². The number of aromatic nitrogens is 4. The molecule has 4 heterocycles. The summed E-state index contributed by atoms with van der Waals surface area (Å²) in [5, 5.41) is 5.25. The second kappa shape index (κ2) is 8.37. The molecule has 1 amide bonds. The van der Waals surface area contributed by atoms with Crippen LogP contribution in [0.4, 0.5) is 15.9 Å². The summed E-state index contributed by atoms with van der Waals surface area (Å²) in [6.07, 6.45) is 4.01. The quantitative estimate of drug-likeness (QED) is 0.628. The molecule has 2 aliphatic rings. The van der Waals surface area contributed by atoms with Gasteiger partial charge in [-0.2, -0.15) is 5.10 Å². The minimum Gasteiger partial charge on any atom is -0.368 e. The summed E-state index contributed by atoms with van der Waals surface area (Å²) in [6.45, 7) is 6.62. The summed E-state index contributed by atoms with van der Waals surface area (Å²) in [5.74, 6) is 1.34. The van der Waals surface area contributed by atoms with Crippen molar-refractivity contribution in [2.24, 2.45) is 13.0 Å². The highest BCUT2D eigenvalue weighted by Crippen LogP contribution is 2.28. The Kier molecular flexibility index (Phi) is 5.40. The van der Waals surface area contributed by atoms with Crippen LogP contribution in [0.3, 0.4) is 0 Å². The summed E-state index contributed by atoms with van der Waals surface area (Å²) in [4.78, 5) is 28.9. The monoisotopic (exact) mass is 437 g/mol. The van der Waals surface area contributed by atoms with Crippen molar-refractivity contribution in [3.63, 3.8) is 0 Å². The van der Waals surface area contributed by atoms with Gasteiger partial charge in [-0.15, -0.1) is 0 Å². The van der Waals surface area contributed by atoms with Crippen molar-refractivity contribution in [2.75, 3.05) is 49.1 Å². The number of hydrogen-bond donors (Lipinski definition) is 0. The predicted octanol–water partition coefficient (Wildman–Crippen LogP) is 2.70. The number of carbonyl (C=O) groups excluding carboxylic acids is 1. The Bertz CT molecular complexity index is 1110. The van der Waals surface area contributed by atoms with Gasteiger partial charge in [-0.05, 0) is 43.0 Å². The first-order valence-corrected chi connectivity index (χ1v) is 11.2. The number of halogens is 1. The number of nitrogens with zero attached hydrogens (tertiary/aromatic N) is 7. The van der Waals surface area contributed by atoms with Gasteiger partial charge in [0.2, 0.25) is 5.82 Å². The highest BCUT2D eigenvalue weighted by molar-refractivity contribution is 5.95. The largest absolute Gasteiger partial charge is 0.368 e. The van der Waals surface area contributed by atoms with Gasteiger partial charge in [-0.1, -0.05) is 6.92 Å². The van der Waals surface area contributed by atoms with E-state index in [-0.39, 0.29) is 17.5 Å². The number of benzene rings is 1. The van der Waals surface area contributed by atoms with Gasteiger partial charge in [0, 0.05) is 52.0 Å². The van der Waals surface area contributed by atoms with E-state index in [0.717, 1.165) is 42.8 Å². The van der Waals surface area contributed by atoms with E-state index in [1.807, 2.05) is 7.05 Å². The molecule has 0 atom stereocenters. The third-order valence-electron chi connectivity index (χ3n) is 6.61. The minimum absolute atomic E-state index is 0.154. The lowest BCUT2D eigenvalue weighted by molar-refractivity contribution is 0.0735. The van der Waals surface area contributed by atoms with E-state index in [1.165, 1.54) is 12.1 Å². The smallest absolute Gasteiger partial charge is 0.291 e. The maximum atomic E-state index is 13.3. The van der Waals surface area contributed by atoms with Gasteiger partial charge < -0.3 is 14.7 Å². The summed E-state index contributed by atoms with van der Waals surface area (Å²) >= 11 is 0. The number of aryl methyl sites for hydroxylation is 1. The topological polar surface area (TPSA) is 70.4 Å². The van der Waals surface area contributed by atoms with E-state index in [9.17, 15) is 9.18 Å². The highest BCUT2D eigenvalue weighted by atomic mass is 19.1. The number of piperazine rings is 1. The van der Waals surface area contributed by atoms with E-state index < -0.39 is 0 Å². The Morgan fingerprint density at radius 1 is 0.969 bits per heavy atom. The summed E-state index contributed by atoms with van der Waals surface area (Å²) in [7, 11) is 1.84. The van der Waals surface area contributed by atoms with Gasteiger partial charge in [0.25, 0.3) is 5.91 Å².